The highest BCUT2D eigenvalue weighted by atomic mass is 16.3. The van der Waals surface area contributed by atoms with E-state index in [1.54, 1.807) is 0 Å². The van der Waals surface area contributed by atoms with Gasteiger partial charge in [-0.2, -0.15) is 0 Å². The third kappa shape index (κ3) is 5.09. The first kappa shape index (κ1) is 32.4. The van der Waals surface area contributed by atoms with Crippen molar-refractivity contribution in [3.63, 3.8) is 0 Å². The summed E-state index contributed by atoms with van der Waals surface area (Å²) in [4.78, 5) is 2.29. The van der Waals surface area contributed by atoms with Crippen molar-refractivity contribution in [2.75, 3.05) is 4.90 Å². The quantitative estimate of drug-likeness (QED) is 0.170. The van der Waals surface area contributed by atoms with Crippen LogP contribution in [0.5, 0.6) is 0 Å². The number of para-hydroxylation sites is 5. The van der Waals surface area contributed by atoms with E-state index in [-0.39, 0.29) is 0 Å². The molecule has 0 amide bonds. The van der Waals surface area contributed by atoms with Crippen LogP contribution in [0.25, 0.3) is 99.2 Å². The first-order chi connectivity index (χ1) is 28.7. The van der Waals surface area contributed by atoms with Gasteiger partial charge in [-0.15, -0.1) is 0 Å². The molecule has 0 radical (unpaired) electrons. The third-order valence-corrected chi connectivity index (χ3v) is 11.5. The van der Waals surface area contributed by atoms with Crippen LogP contribution < -0.4 is 4.90 Å². The zero-order valence-corrected chi connectivity index (χ0v) is 31.2. The maximum atomic E-state index is 6.61. The fourth-order valence-electron chi connectivity index (χ4n) is 8.73. The molecule has 0 aliphatic carbocycles. The minimum absolute atomic E-state index is 0.844. The fraction of sp³-hybridized carbons (Fsp3) is 0. The molecule has 0 saturated heterocycles. The summed E-state index contributed by atoms with van der Waals surface area (Å²) in [6.07, 6.45) is 0. The lowest BCUT2D eigenvalue weighted by molar-refractivity contribution is 0.669. The van der Waals surface area contributed by atoms with Crippen molar-refractivity contribution in [2.24, 2.45) is 0 Å². The van der Waals surface area contributed by atoms with E-state index in [4.69, 9.17) is 13.3 Å². The molecule has 0 atom stereocenters. The highest BCUT2D eigenvalue weighted by Gasteiger charge is 2.21. The van der Waals surface area contributed by atoms with Crippen molar-refractivity contribution in [3.05, 3.63) is 200 Å². The van der Waals surface area contributed by atoms with Gasteiger partial charge in [0.2, 0.25) is 0 Å². The van der Waals surface area contributed by atoms with Gasteiger partial charge in [-0.25, -0.2) is 0 Å². The lowest BCUT2D eigenvalue weighted by atomic mass is 10.00. The summed E-state index contributed by atoms with van der Waals surface area (Å²) in [5.74, 6) is 0. The maximum Gasteiger partial charge on any atom is 0.159 e. The van der Waals surface area contributed by atoms with Crippen molar-refractivity contribution in [1.82, 2.24) is 0 Å². The van der Waals surface area contributed by atoms with E-state index in [1.165, 1.54) is 0 Å². The summed E-state index contributed by atoms with van der Waals surface area (Å²) in [6.45, 7) is 0. The number of hydrogen-bond donors (Lipinski definition) is 0. The summed E-state index contributed by atoms with van der Waals surface area (Å²) in [5.41, 5.74) is 14.9. The van der Waals surface area contributed by atoms with Crippen molar-refractivity contribution in [1.29, 1.82) is 0 Å². The number of anilines is 3. The summed E-state index contributed by atoms with van der Waals surface area (Å²) in [5, 5.41) is 6.64. The van der Waals surface area contributed by atoms with Gasteiger partial charge in [0, 0.05) is 54.8 Å². The van der Waals surface area contributed by atoms with Crippen molar-refractivity contribution < 1.29 is 13.3 Å². The van der Waals surface area contributed by atoms with E-state index in [9.17, 15) is 0 Å². The summed E-state index contributed by atoms with van der Waals surface area (Å²) < 4.78 is 19.5. The summed E-state index contributed by atoms with van der Waals surface area (Å²) >= 11 is 0. The molecule has 0 N–H and O–H groups in total. The van der Waals surface area contributed by atoms with E-state index in [0.717, 1.165) is 116 Å². The lowest BCUT2D eigenvalue weighted by Crippen LogP contribution is -2.10. The van der Waals surface area contributed by atoms with Gasteiger partial charge in [-0.3, -0.25) is 0 Å². The molecule has 12 aromatic rings. The van der Waals surface area contributed by atoms with Crippen LogP contribution in [-0.2, 0) is 0 Å². The Balaban J connectivity index is 0.965. The van der Waals surface area contributed by atoms with Crippen LogP contribution in [0.4, 0.5) is 17.1 Å². The van der Waals surface area contributed by atoms with Crippen LogP contribution in [0.3, 0.4) is 0 Å². The van der Waals surface area contributed by atoms with Crippen molar-refractivity contribution in [3.8, 4) is 33.4 Å². The van der Waals surface area contributed by atoms with Crippen LogP contribution in [0, 0.1) is 0 Å². The van der Waals surface area contributed by atoms with Gasteiger partial charge >= 0.3 is 0 Å². The predicted molar refractivity (Wildman–Crippen MR) is 239 cm³/mol. The van der Waals surface area contributed by atoms with Crippen LogP contribution in [-0.4, -0.2) is 0 Å². The first-order valence-electron chi connectivity index (χ1n) is 19.6. The molecule has 3 heterocycles. The number of nitrogens with zero attached hydrogens (tertiary/aromatic N) is 1. The first-order valence-corrected chi connectivity index (χ1v) is 19.6. The molecule has 0 fully saturated rings. The van der Waals surface area contributed by atoms with Crippen LogP contribution in [0.1, 0.15) is 0 Å². The summed E-state index contributed by atoms with van der Waals surface area (Å²) in [6, 6.07) is 70.1. The zero-order chi connectivity index (χ0) is 38.2. The molecule has 4 nitrogen and oxygen atoms in total. The molecule has 0 unspecified atom stereocenters. The Morgan fingerprint density at radius 2 is 0.724 bits per heavy atom. The molecule has 0 spiro atoms. The number of benzene rings is 9. The standard InChI is InChI=1S/C54H33NO3/c1-2-11-35(12-3-1)40-15-9-18-46-47-33-37(27-32-51(47)57-53(40)46)34-23-28-38(29-24-34)55(48-20-10-19-45-43-14-5-7-22-50(43)58-54(45)48)39-30-25-36(26-31-39)41-16-8-17-44-42-13-4-6-21-49(42)56-52(41)44/h1-33H. The van der Waals surface area contributed by atoms with Crippen LogP contribution in [0.15, 0.2) is 213 Å². The highest BCUT2D eigenvalue weighted by molar-refractivity contribution is 6.12. The predicted octanol–water partition coefficient (Wildman–Crippen LogP) is 15.9. The fourth-order valence-corrected chi connectivity index (χ4v) is 8.73. The Bertz CT molecular complexity index is 3500. The molecule has 12 rings (SSSR count). The second-order valence-electron chi connectivity index (χ2n) is 14.8. The van der Waals surface area contributed by atoms with Gasteiger partial charge < -0.3 is 18.2 Å². The van der Waals surface area contributed by atoms with Crippen molar-refractivity contribution >= 4 is 82.9 Å². The van der Waals surface area contributed by atoms with E-state index in [0.29, 0.717) is 0 Å². The highest BCUT2D eigenvalue weighted by Crippen LogP contribution is 2.44. The SMILES string of the molecule is c1ccc(-c2cccc3c2oc2ccc(-c4ccc(N(c5ccc(-c6cccc7c6oc6ccccc67)cc5)c5cccc6c5oc5ccccc56)cc4)cc23)cc1. The monoisotopic (exact) mass is 743 g/mol. The van der Waals surface area contributed by atoms with Gasteiger partial charge in [-0.1, -0.05) is 146 Å². The van der Waals surface area contributed by atoms with E-state index >= 15 is 0 Å². The number of fused-ring (bicyclic) bond motifs is 9. The molecular weight excluding hydrogens is 711 g/mol. The second kappa shape index (κ2) is 12.9. The van der Waals surface area contributed by atoms with E-state index < -0.39 is 0 Å². The van der Waals surface area contributed by atoms with Crippen LogP contribution >= 0.6 is 0 Å². The Morgan fingerprint density at radius 3 is 1.36 bits per heavy atom. The van der Waals surface area contributed by atoms with E-state index in [2.05, 4.69) is 175 Å². The zero-order valence-electron chi connectivity index (χ0n) is 31.2. The Morgan fingerprint density at radius 1 is 0.276 bits per heavy atom. The molecule has 3 aromatic heterocycles. The van der Waals surface area contributed by atoms with Crippen molar-refractivity contribution in [2.45, 2.75) is 0 Å². The number of furan rings is 3. The van der Waals surface area contributed by atoms with Gasteiger partial charge in [0.15, 0.2) is 5.58 Å². The average molecular weight is 744 g/mol. The third-order valence-electron chi connectivity index (χ3n) is 11.5. The molecular formula is C54H33NO3. The maximum absolute atomic E-state index is 6.61. The van der Waals surface area contributed by atoms with Gasteiger partial charge in [-0.05, 0) is 76.9 Å². The Hall–Kier alpha value is -7.82. The number of rotatable bonds is 6. The molecule has 0 aliphatic heterocycles. The smallest absolute Gasteiger partial charge is 0.159 e. The summed E-state index contributed by atoms with van der Waals surface area (Å²) in [7, 11) is 0. The molecule has 272 valence electrons. The van der Waals surface area contributed by atoms with Crippen LogP contribution in [0.2, 0.25) is 0 Å². The van der Waals surface area contributed by atoms with Gasteiger partial charge in [0.25, 0.3) is 0 Å². The largest absolute Gasteiger partial charge is 0.455 e. The average Bonchev–Trinajstić information content (AvgIpc) is 3.99. The topological polar surface area (TPSA) is 42.7 Å². The lowest BCUT2D eigenvalue weighted by Gasteiger charge is -2.26. The molecule has 0 bridgehead atoms. The Labute approximate surface area is 333 Å². The normalized spacial score (nSPS) is 11.8. The molecule has 0 aliphatic rings. The minimum atomic E-state index is 0.844. The number of hydrogen-bond acceptors (Lipinski definition) is 4. The Kier molecular flexibility index (Phi) is 7.20. The molecule has 58 heavy (non-hydrogen) atoms. The minimum Gasteiger partial charge on any atom is -0.455 e. The van der Waals surface area contributed by atoms with Gasteiger partial charge in [0.1, 0.15) is 27.9 Å². The van der Waals surface area contributed by atoms with Gasteiger partial charge in [0.05, 0.1) is 5.69 Å². The second-order valence-corrected chi connectivity index (χ2v) is 14.8. The molecule has 0 saturated carbocycles. The van der Waals surface area contributed by atoms with E-state index in [1.807, 2.05) is 30.3 Å². The molecule has 4 heteroatoms. The molecule has 9 aromatic carbocycles.